The van der Waals surface area contributed by atoms with E-state index in [0.29, 0.717) is 0 Å². The van der Waals surface area contributed by atoms with Gasteiger partial charge in [-0.1, -0.05) is 6.07 Å². The summed E-state index contributed by atoms with van der Waals surface area (Å²) in [5, 5.41) is 13.0. The maximum atomic E-state index is 9.59. The molecule has 0 spiro atoms. The number of fused-ring (bicyclic) bond motifs is 1. The first-order valence-corrected chi connectivity index (χ1v) is 8.64. The Balaban J connectivity index is 1.59. The van der Waals surface area contributed by atoms with Crippen LogP contribution in [0.1, 0.15) is 22.0 Å². The summed E-state index contributed by atoms with van der Waals surface area (Å²) in [5.74, 6) is 0.165. The molecule has 122 valence electrons. The van der Waals surface area contributed by atoms with Crippen molar-refractivity contribution in [3.63, 3.8) is 0 Å². The molecule has 0 aliphatic rings. The van der Waals surface area contributed by atoms with Crippen LogP contribution in [-0.2, 0) is 13.0 Å². The molecule has 1 atom stereocenters. The Morgan fingerprint density at radius 1 is 1.35 bits per heavy atom. The summed E-state index contributed by atoms with van der Waals surface area (Å²) < 4.78 is 2.16. The highest BCUT2D eigenvalue weighted by Gasteiger charge is 2.13. The highest BCUT2D eigenvalue weighted by Crippen LogP contribution is 2.20. The average molecular weight is 330 g/mol. The van der Waals surface area contributed by atoms with Gasteiger partial charge in [0.2, 0.25) is 0 Å². The lowest BCUT2D eigenvalue weighted by Crippen LogP contribution is -2.27. The van der Waals surface area contributed by atoms with E-state index in [9.17, 15) is 5.11 Å². The molecule has 0 aliphatic carbocycles. The fourth-order valence-electron chi connectivity index (χ4n) is 2.73. The Kier molecular flexibility index (Phi) is 5.05. The van der Waals surface area contributed by atoms with Crippen molar-refractivity contribution in [1.82, 2.24) is 19.7 Å². The van der Waals surface area contributed by atoms with Gasteiger partial charge in [-0.05, 0) is 38.3 Å². The van der Waals surface area contributed by atoms with E-state index in [-0.39, 0.29) is 12.5 Å². The van der Waals surface area contributed by atoms with Crippen LogP contribution in [0.5, 0.6) is 0 Å². The summed E-state index contributed by atoms with van der Waals surface area (Å²) in [6.45, 7) is 5.80. The SMILES string of the molecule is Cc1cn2c(CNCC(CO)Cc3ccccn3)c(C)nc2s1. The quantitative estimate of drug-likeness (QED) is 0.698. The molecule has 0 amide bonds. The molecular weight excluding hydrogens is 308 g/mol. The number of aromatic nitrogens is 3. The molecule has 5 nitrogen and oxygen atoms in total. The minimum Gasteiger partial charge on any atom is -0.396 e. The van der Waals surface area contributed by atoms with Crippen LogP contribution >= 0.6 is 11.3 Å². The Labute approximate surface area is 140 Å². The molecule has 0 saturated carbocycles. The third-order valence-electron chi connectivity index (χ3n) is 3.95. The molecule has 2 N–H and O–H groups in total. The Morgan fingerprint density at radius 2 is 2.22 bits per heavy atom. The van der Waals surface area contributed by atoms with Gasteiger partial charge in [0.25, 0.3) is 0 Å². The van der Waals surface area contributed by atoms with Crippen molar-refractivity contribution in [2.24, 2.45) is 5.92 Å². The van der Waals surface area contributed by atoms with Crippen LogP contribution in [0.3, 0.4) is 0 Å². The molecule has 0 bridgehead atoms. The lowest BCUT2D eigenvalue weighted by atomic mass is 10.0. The second kappa shape index (κ2) is 7.21. The summed E-state index contributed by atoms with van der Waals surface area (Å²) in [4.78, 5) is 11.2. The Morgan fingerprint density at radius 3 is 2.96 bits per heavy atom. The molecule has 0 aliphatic heterocycles. The van der Waals surface area contributed by atoms with Gasteiger partial charge in [0.05, 0.1) is 11.4 Å². The summed E-state index contributed by atoms with van der Waals surface area (Å²) in [6.07, 6.45) is 4.71. The van der Waals surface area contributed by atoms with Gasteiger partial charge >= 0.3 is 0 Å². The fourth-order valence-corrected chi connectivity index (χ4v) is 3.62. The third-order valence-corrected chi connectivity index (χ3v) is 4.85. The van der Waals surface area contributed by atoms with Crippen LogP contribution in [0.2, 0.25) is 0 Å². The number of aliphatic hydroxyl groups is 1. The number of rotatable bonds is 7. The zero-order valence-electron chi connectivity index (χ0n) is 13.5. The first kappa shape index (κ1) is 16.1. The van der Waals surface area contributed by atoms with Crippen molar-refractivity contribution in [3.05, 3.63) is 52.6 Å². The number of nitrogens with one attached hydrogen (secondary N) is 1. The van der Waals surface area contributed by atoms with E-state index in [0.717, 1.165) is 35.9 Å². The van der Waals surface area contributed by atoms with Gasteiger partial charge in [-0.2, -0.15) is 0 Å². The van der Waals surface area contributed by atoms with Gasteiger partial charge in [-0.15, -0.1) is 11.3 Å². The summed E-state index contributed by atoms with van der Waals surface area (Å²) in [6, 6.07) is 5.89. The van der Waals surface area contributed by atoms with Crippen LogP contribution in [0.25, 0.3) is 4.96 Å². The smallest absolute Gasteiger partial charge is 0.194 e. The van der Waals surface area contributed by atoms with Gasteiger partial charge in [0.15, 0.2) is 4.96 Å². The zero-order chi connectivity index (χ0) is 16.2. The molecule has 3 rings (SSSR count). The Bertz CT molecular complexity index is 766. The molecule has 0 saturated heterocycles. The van der Waals surface area contributed by atoms with E-state index >= 15 is 0 Å². The number of nitrogens with zero attached hydrogens (tertiary/aromatic N) is 3. The maximum Gasteiger partial charge on any atom is 0.194 e. The van der Waals surface area contributed by atoms with Crippen molar-refractivity contribution in [3.8, 4) is 0 Å². The summed E-state index contributed by atoms with van der Waals surface area (Å²) >= 11 is 1.71. The number of imidazole rings is 1. The number of hydrogen-bond donors (Lipinski definition) is 2. The largest absolute Gasteiger partial charge is 0.396 e. The number of pyridine rings is 1. The molecule has 1 unspecified atom stereocenters. The van der Waals surface area contributed by atoms with E-state index in [1.807, 2.05) is 25.1 Å². The van der Waals surface area contributed by atoms with Crippen LogP contribution in [0.4, 0.5) is 0 Å². The molecule has 0 fully saturated rings. The first-order valence-electron chi connectivity index (χ1n) is 7.83. The van der Waals surface area contributed by atoms with Gasteiger partial charge in [0.1, 0.15) is 0 Å². The predicted molar refractivity (Wildman–Crippen MR) is 92.8 cm³/mol. The van der Waals surface area contributed by atoms with Crippen molar-refractivity contribution < 1.29 is 5.11 Å². The van der Waals surface area contributed by atoms with Crippen LogP contribution < -0.4 is 5.32 Å². The number of aliphatic hydroxyl groups excluding tert-OH is 1. The number of thiazole rings is 1. The van der Waals surface area contributed by atoms with Crippen molar-refractivity contribution >= 4 is 16.3 Å². The monoisotopic (exact) mass is 330 g/mol. The fraction of sp³-hybridized carbons (Fsp3) is 0.412. The highest BCUT2D eigenvalue weighted by molar-refractivity contribution is 7.17. The normalized spacial score (nSPS) is 12.8. The van der Waals surface area contributed by atoms with Crippen LogP contribution in [0, 0.1) is 19.8 Å². The molecule has 23 heavy (non-hydrogen) atoms. The standard InChI is InChI=1S/C17H22N4OS/c1-12-10-21-16(13(2)20-17(21)23-12)9-18-8-14(11-22)7-15-5-3-4-6-19-15/h3-6,10,14,18,22H,7-9,11H2,1-2H3. The molecule has 0 aromatic carbocycles. The van der Waals surface area contributed by atoms with Gasteiger partial charge in [-0.25, -0.2) is 4.98 Å². The van der Waals surface area contributed by atoms with Crippen molar-refractivity contribution in [2.45, 2.75) is 26.8 Å². The summed E-state index contributed by atoms with van der Waals surface area (Å²) in [5.41, 5.74) is 3.28. The second-order valence-electron chi connectivity index (χ2n) is 5.84. The third kappa shape index (κ3) is 3.77. The minimum absolute atomic E-state index is 0.155. The summed E-state index contributed by atoms with van der Waals surface area (Å²) in [7, 11) is 0. The van der Waals surface area contributed by atoms with E-state index in [1.54, 1.807) is 17.5 Å². The molecule has 3 aromatic heterocycles. The van der Waals surface area contributed by atoms with Gasteiger partial charge < -0.3 is 10.4 Å². The second-order valence-corrected chi connectivity index (χ2v) is 7.06. The van der Waals surface area contributed by atoms with Crippen molar-refractivity contribution in [1.29, 1.82) is 0 Å². The van der Waals surface area contributed by atoms with Crippen LogP contribution in [-0.4, -0.2) is 32.6 Å². The average Bonchev–Trinajstić information content (AvgIpc) is 3.03. The molecule has 0 radical (unpaired) electrons. The predicted octanol–water partition coefficient (Wildman–Crippen LogP) is 2.35. The minimum atomic E-state index is 0.155. The maximum absolute atomic E-state index is 9.59. The topological polar surface area (TPSA) is 62.5 Å². The lowest BCUT2D eigenvalue weighted by Gasteiger charge is -2.14. The van der Waals surface area contributed by atoms with Crippen LogP contribution in [0.15, 0.2) is 30.6 Å². The number of hydrogen-bond acceptors (Lipinski definition) is 5. The van der Waals surface area contributed by atoms with E-state index in [2.05, 4.69) is 32.8 Å². The van der Waals surface area contributed by atoms with E-state index in [4.69, 9.17) is 0 Å². The molecule has 3 heterocycles. The van der Waals surface area contributed by atoms with Gasteiger partial charge in [-0.3, -0.25) is 9.38 Å². The number of aryl methyl sites for hydroxylation is 2. The lowest BCUT2D eigenvalue weighted by molar-refractivity contribution is 0.220. The molecule has 3 aromatic rings. The Hall–Kier alpha value is -1.76. The highest BCUT2D eigenvalue weighted by atomic mass is 32.1. The first-order chi connectivity index (χ1) is 11.2. The van der Waals surface area contributed by atoms with E-state index in [1.165, 1.54) is 10.6 Å². The van der Waals surface area contributed by atoms with E-state index < -0.39 is 0 Å². The zero-order valence-corrected chi connectivity index (χ0v) is 14.3. The van der Waals surface area contributed by atoms with Gasteiger partial charge in [0, 0.05) is 42.7 Å². The van der Waals surface area contributed by atoms with Crippen molar-refractivity contribution in [2.75, 3.05) is 13.2 Å². The molecular formula is C17H22N4OS. The molecule has 6 heteroatoms.